The van der Waals surface area contributed by atoms with Crippen LogP contribution in [0.5, 0.6) is 5.75 Å². The number of rotatable bonds is 7. The van der Waals surface area contributed by atoms with Crippen LogP contribution in [0.1, 0.15) is 38.6 Å². The highest BCUT2D eigenvalue weighted by atomic mass is 32.2. The molecule has 0 radical (unpaired) electrons. The molecule has 0 bridgehead atoms. The summed E-state index contributed by atoms with van der Waals surface area (Å²) < 4.78 is 44.2. The van der Waals surface area contributed by atoms with Gasteiger partial charge in [0, 0.05) is 11.6 Å². The number of thioether (sulfide) groups is 1. The highest BCUT2D eigenvalue weighted by Crippen LogP contribution is 2.39. The lowest BCUT2D eigenvalue weighted by Crippen LogP contribution is -2.34. The van der Waals surface area contributed by atoms with Crippen LogP contribution in [0.3, 0.4) is 0 Å². The summed E-state index contributed by atoms with van der Waals surface area (Å²) in [6.45, 7) is 0.849. The number of ether oxygens (including phenoxy) is 1. The van der Waals surface area contributed by atoms with E-state index in [1.165, 1.54) is 6.42 Å². The number of carbonyl (C=O) groups is 1. The third kappa shape index (κ3) is 5.68. The number of nitrogens with one attached hydrogen (secondary N) is 1. The number of alkyl halides is 3. The fourth-order valence-electron chi connectivity index (χ4n) is 3.67. The summed E-state index contributed by atoms with van der Waals surface area (Å²) in [5.74, 6) is 0.985. The molecule has 0 saturated heterocycles. The van der Waals surface area contributed by atoms with Crippen molar-refractivity contribution in [3.05, 3.63) is 24.3 Å². The van der Waals surface area contributed by atoms with E-state index in [-0.39, 0.29) is 11.8 Å². The molecule has 1 amide bonds. The second kappa shape index (κ2) is 9.72. The number of hydrogen-bond donors (Lipinski definition) is 1. The van der Waals surface area contributed by atoms with Crippen molar-refractivity contribution in [2.45, 2.75) is 50.0 Å². The molecule has 1 heterocycles. The maximum atomic E-state index is 12.3. The van der Waals surface area contributed by atoms with Crippen molar-refractivity contribution in [2.24, 2.45) is 5.92 Å². The van der Waals surface area contributed by atoms with E-state index in [0.29, 0.717) is 16.9 Å². The summed E-state index contributed by atoms with van der Waals surface area (Å²) in [5, 5.41) is 11.1. The SMILES string of the molecule is COc1ccc(-c2nnc(SCC(=O)NCC(F)(F)F)n2[C@H]2CCCC[C@H]2C)cc1. The van der Waals surface area contributed by atoms with Crippen molar-refractivity contribution in [2.75, 3.05) is 19.4 Å². The Kier molecular flexibility index (Phi) is 7.27. The van der Waals surface area contributed by atoms with Gasteiger partial charge >= 0.3 is 6.18 Å². The number of halogens is 3. The first-order valence-electron chi connectivity index (χ1n) is 9.84. The number of aromatic nitrogens is 3. The lowest BCUT2D eigenvalue weighted by Gasteiger charge is -2.31. The standard InChI is InChI=1S/C20H25F3N4O2S/c1-13-5-3-4-6-16(13)27-18(14-7-9-15(29-2)10-8-14)25-26-19(27)30-11-17(28)24-12-20(21,22)23/h7-10,13,16H,3-6,11-12H2,1-2H3,(H,24,28)/t13-,16+/m1/s1. The minimum Gasteiger partial charge on any atom is -0.497 e. The highest BCUT2D eigenvalue weighted by molar-refractivity contribution is 7.99. The van der Waals surface area contributed by atoms with E-state index >= 15 is 0 Å². The van der Waals surface area contributed by atoms with Crippen LogP contribution in [0.25, 0.3) is 11.4 Å². The molecule has 1 aromatic heterocycles. The monoisotopic (exact) mass is 442 g/mol. The van der Waals surface area contributed by atoms with E-state index in [2.05, 4.69) is 17.1 Å². The Morgan fingerprint density at radius 1 is 1.23 bits per heavy atom. The van der Waals surface area contributed by atoms with E-state index in [0.717, 1.165) is 42.3 Å². The minimum atomic E-state index is -4.43. The maximum Gasteiger partial charge on any atom is 0.405 e. The Morgan fingerprint density at radius 3 is 2.57 bits per heavy atom. The topological polar surface area (TPSA) is 69.0 Å². The fraction of sp³-hybridized carbons (Fsp3) is 0.550. The maximum absolute atomic E-state index is 12.3. The number of carbonyl (C=O) groups excluding carboxylic acids is 1. The molecule has 164 valence electrons. The van der Waals surface area contributed by atoms with Gasteiger partial charge in [0.25, 0.3) is 0 Å². The van der Waals surface area contributed by atoms with Crippen molar-refractivity contribution in [3.8, 4) is 17.1 Å². The number of hydrogen-bond acceptors (Lipinski definition) is 5. The molecule has 30 heavy (non-hydrogen) atoms. The van der Waals surface area contributed by atoms with Gasteiger partial charge in [0.1, 0.15) is 12.3 Å². The molecule has 1 aromatic carbocycles. The van der Waals surface area contributed by atoms with Crippen molar-refractivity contribution < 1.29 is 22.7 Å². The summed E-state index contributed by atoms with van der Waals surface area (Å²) in [6, 6.07) is 7.66. The quantitative estimate of drug-likeness (QED) is 0.641. The first kappa shape index (κ1) is 22.5. The third-order valence-electron chi connectivity index (χ3n) is 5.23. The van der Waals surface area contributed by atoms with E-state index in [9.17, 15) is 18.0 Å². The van der Waals surface area contributed by atoms with Gasteiger partial charge in [-0.3, -0.25) is 9.36 Å². The summed E-state index contributed by atoms with van der Waals surface area (Å²) in [7, 11) is 1.60. The van der Waals surface area contributed by atoms with Gasteiger partial charge < -0.3 is 10.1 Å². The van der Waals surface area contributed by atoms with Gasteiger partial charge in [-0.2, -0.15) is 13.2 Å². The van der Waals surface area contributed by atoms with Crippen LogP contribution < -0.4 is 10.1 Å². The van der Waals surface area contributed by atoms with E-state index in [1.54, 1.807) is 7.11 Å². The zero-order valence-corrected chi connectivity index (χ0v) is 17.7. The number of amides is 1. The van der Waals surface area contributed by atoms with E-state index in [4.69, 9.17) is 4.74 Å². The second-order valence-electron chi connectivity index (χ2n) is 7.41. The molecule has 6 nitrogen and oxygen atoms in total. The Labute approximate surface area is 177 Å². The number of methoxy groups -OCH3 is 1. The lowest BCUT2D eigenvalue weighted by molar-refractivity contribution is -0.136. The van der Waals surface area contributed by atoms with Crippen LogP contribution in [-0.2, 0) is 4.79 Å². The fourth-order valence-corrected chi connectivity index (χ4v) is 4.49. The molecular formula is C20H25F3N4O2S. The van der Waals surface area contributed by atoms with Crippen LogP contribution >= 0.6 is 11.8 Å². The first-order chi connectivity index (χ1) is 14.3. The molecule has 0 aliphatic heterocycles. The Hall–Kier alpha value is -2.23. The van der Waals surface area contributed by atoms with Gasteiger partial charge in [-0.1, -0.05) is 31.5 Å². The van der Waals surface area contributed by atoms with E-state index in [1.807, 2.05) is 34.1 Å². The normalized spacial score (nSPS) is 19.5. The van der Waals surface area contributed by atoms with Gasteiger partial charge in [-0.15, -0.1) is 10.2 Å². The van der Waals surface area contributed by atoms with Crippen molar-refractivity contribution in [1.82, 2.24) is 20.1 Å². The smallest absolute Gasteiger partial charge is 0.405 e. The van der Waals surface area contributed by atoms with Crippen LogP contribution in [0.4, 0.5) is 13.2 Å². The van der Waals surface area contributed by atoms with Crippen molar-refractivity contribution >= 4 is 17.7 Å². The molecular weight excluding hydrogens is 417 g/mol. The lowest BCUT2D eigenvalue weighted by atomic mass is 9.85. The third-order valence-corrected chi connectivity index (χ3v) is 6.17. The van der Waals surface area contributed by atoms with Crippen LogP contribution in [0.2, 0.25) is 0 Å². The average Bonchev–Trinajstić information content (AvgIpc) is 3.14. The zero-order valence-electron chi connectivity index (χ0n) is 16.9. The minimum absolute atomic E-state index is 0.155. The summed E-state index contributed by atoms with van der Waals surface area (Å²) >= 11 is 1.11. The molecule has 3 rings (SSSR count). The van der Waals surface area contributed by atoms with E-state index < -0.39 is 18.6 Å². The molecule has 1 aliphatic carbocycles. The molecule has 0 spiro atoms. The Bertz CT molecular complexity index is 855. The molecule has 1 aliphatic rings. The molecule has 2 atom stereocenters. The largest absolute Gasteiger partial charge is 0.497 e. The predicted molar refractivity (Wildman–Crippen MR) is 108 cm³/mol. The van der Waals surface area contributed by atoms with Crippen LogP contribution in [-0.4, -0.2) is 46.3 Å². The van der Waals surface area contributed by atoms with Gasteiger partial charge in [-0.05, 0) is 43.0 Å². The molecule has 10 heteroatoms. The molecule has 2 aromatic rings. The van der Waals surface area contributed by atoms with Gasteiger partial charge in [-0.25, -0.2) is 0 Å². The zero-order chi connectivity index (χ0) is 21.7. The van der Waals surface area contributed by atoms with Crippen LogP contribution in [0, 0.1) is 5.92 Å². The van der Waals surface area contributed by atoms with Crippen molar-refractivity contribution in [3.63, 3.8) is 0 Å². The summed E-state index contributed by atoms with van der Waals surface area (Å²) in [6.07, 6.45) is -0.123. The van der Waals surface area contributed by atoms with Gasteiger partial charge in [0.05, 0.1) is 12.9 Å². The Balaban J connectivity index is 1.83. The molecule has 1 fully saturated rings. The summed E-state index contributed by atoms with van der Waals surface area (Å²) in [5.41, 5.74) is 0.870. The molecule has 1 N–H and O–H groups in total. The van der Waals surface area contributed by atoms with Crippen LogP contribution in [0.15, 0.2) is 29.4 Å². The number of benzene rings is 1. The average molecular weight is 443 g/mol. The van der Waals surface area contributed by atoms with Crippen molar-refractivity contribution in [1.29, 1.82) is 0 Å². The second-order valence-corrected chi connectivity index (χ2v) is 8.36. The predicted octanol–water partition coefficient (Wildman–Crippen LogP) is 4.48. The number of nitrogens with zero attached hydrogens (tertiary/aromatic N) is 3. The van der Waals surface area contributed by atoms with Gasteiger partial charge in [0.15, 0.2) is 11.0 Å². The molecule has 0 unspecified atom stereocenters. The first-order valence-corrected chi connectivity index (χ1v) is 10.8. The highest BCUT2D eigenvalue weighted by Gasteiger charge is 2.30. The molecule has 1 saturated carbocycles. The summed E-state index contributed by atoms with van der Waals surface area (Å²) in [4.78, 5) is 11.9. The Morgan fingerprint density at radius 2 is 1.93 bits per heavy atom. The van der Waals surface area contributed by atoms with Gasteiger partial charge in [0.2, 0.25) is 5.91 Å².